The number of benzene rings is 1. The van der Waals surface area contributed by atoms with Gasteiger partial charge >= 0.3 is 104 Å². The number of pyridine rings is 1. The van der Waals surface area contributed by atoms with E-state index in [1.165, 1.54) is 6.07 Å². The van der Waals surface area contributed by atoms with Crippen LogP contribution in [0.15, 0.2) is 24.3 Å². The maximum absolute atomic E-state index is 12.5. The molecular formula is C10H4ClF3LiN. The molecule has 2 aromatic rings. The van der Waals surface area contributed by atoms with Crippen molar-refractivity contribution in [3.63, 3.8) is 0 Å². The summed E-state index contributed by atoms with van der Waals surface area (Å²) in [5.41, 5.74) is -0.625. The molecule has 1 nitrogen and oxygen atoms in total. The Bertz CT molecular complexity index is 553. The molecule has 0 aliphatic heterocycles. The third-order valence-corrected chi connectivity index (χ3v) is 2.50. The summed E-state index contributed by atoms with van der Waals surface area (Å²) in [7, 11) is 0. The quantitative estimate of drug-likeness (QED) is 0.642. The van der Waals surface area contributed by atoms with Crippen molar-refractivity contribution in [2.75, 3.05) is 0 Å². The molecule has 78 valence electrons. The van der Waals surface area contributed by atoms with Crippen LogP contribution in [0.2, 0.25) is 5.02 Å². The van der Waals surface area contributed by atoms with Gasteiger partial charge in [-0.25, -0.2) is 0 Å². The molecule has 0 amide bonds. The van der Waals surface area contributed by atoms with E-state index in [4.69, 9.17) is 11.6 Å². The van der Waals surface area contributed by atoms with E-state index in [2.05, 4.69) is 4.98 Å². The van der Waals surface area contributed by atoms with Crippen LogP contribution in [-0.4, -0.2) is 22.7 Å². The Morgan fingerprint density at radius 1 is 1.19 bits per heavy atom. The number of nitrogens with zero attached hydrogens (tertiary/aromatic N) is 1. The van der Waals surface area contributed by atoms with Gasteiger partial charge in [-0.2, -0.15) is 0 Å². The number of alkyl halides is 3. The summed E-state index contributed by atoms with van der Waals surface area (Å²) in [5, 5.41) is 1.05. The van der Waals surface area contributed by atoms with Crippen LogP contribution >= 0.6 is 11.6 Å². The zero-order valence-corrected chi connectivity index (χ0v) is 9.02. The van der Waals surface area contributed by atoms with Crippen LogP contribution in [0.1, 0.15) is 5.69 Å². The normalized spacial score (nSPS) is 12.1. The molecule has 16 heavy (non-hydrogen) atoms. The summed E-state index contributed by atoms with van der Waals surface area (Å²) in [5.74, 6) is 0. The van der Waals surface area contributed by atoms with Gasteiger partial charge in [-0.3, -0.25) is 0 Å². The van der Waals surface area contributed by atoms with Gasteiger partial charge in [0.1, 0.15) is 0 Å². The van der Waals surface area contributed by atoms with Crippen LogP contribution in [-0.2, 0) is 6.18 Å². The van der Waals surface area contributed by atoms with Crippen molar-refractivity contribution < 1.29 is 13.2 Å². The summed E-state index contributed by atoms with van der Waals surface area (Å²) < 4.78 is 38.0. The monoisotopic (exact) mass is 237 g/mol. The Hall–Kier alpha value is -0.693. The molecule has 0 aliphatic rings. The van der Waals surface area contributed by atoms with Crippen LogP contribution in [0.3, 0.4) is 0 Å². The Morgan fingerprint density at radius 2 is 1.88 bits per heavy atom. The van der Waals surface area contributed by atoms with Crippen molar-refractivity contribution in [1.82, 2.24) is 4.98 Å². The average Bonchev–Trinajstić information content (AvgIpc) is 2.15. The molecule has 1 heterocycles. The fourth-order valence-electron chi connectivity index (χ4n) is 1.52. The molecule has 0 bridgehead atoms. The van der Waals surface area contributed by atoms with Crippen LogP contribution in [0, 0.1) is 0 Å². The molecular weight excluding hydrogens is 234 g/mol. The van der Waals surface area contributed by atoms with Crippen molar-refractivity contribution in [3.05, 3.63) is 35.0 Å². The van der Waals surface area contributed by atoms with E-state index in [1.54, 1.807) is 29.8 Å². The van der Waals surface area contributed by atoms with E-state index in [9.17, 15) is 13.2 Å². The van der Waals surface area contributed by atoms with E-state index in [1.807, 2.05) is 0 Å². The number of aromatic nitrogens is 1. The topological polar surface area (TPSA) is 12.9 Å². The summed E-state index contributed by atoms with van der Waals surface area (Å²) >= 11 is 7.33. The van der Waals surface area contributed by atoms with E-state index in [-0.39, 0.29) is 5.52 Å². The molecule has 0 spiro atoms. The van der Waals surface area contributed by atoms with E-state index < -0.39 is 11.9 Å². The number of hydrogen-bond acceptors (Lipinski definition) is 1. The standard InChI is InChI=1S/C10H4ClF3N.Li/c11-7-3-1-6-2-4-9(10(12,13)14)15-8(6)5-7;/h1,3-5H;. The van der Waals surface area contributed by atoms with Crippen LogP contribution in [0.4, 0.5) is 13.2 Å². The van der Waals surface area contributed by atoms with Gasteiger partial charge < -0.3 is 0 Å². The number of rotatable bonds is 0. The molecule has 1 aromatic carbocycles. The van der Waals surface area contributed by atoms with Crippen LogP contribution in [0.5, 0.6) is 0 Å². The predicted molar refractivity (Wildman–Crippen MR) is 57.1 cm³/mol. The van der Waals surface area contributed by atoms with Gasteiger partial charge in [-0.1, -0.05) is 0 Å². The number of fused-ring (bicyclic) bond motifs is 1. The van der Waals surface area contributed by atoms with Gasteiger partial charge in [-0.05, 0) is 0 Å². The molecule has 0 saturated heterocycles. The zero-order valence-electron chi connectivity index (χ0n) is 8.27. The van der Waals surface area contributed by atoms with Gasteiger partial charge in [0.15, 0.2) is 0 Å². The fraction of sp³-hybridized carbons (Fsp3) is 0.100. The first-order valence-electron chi connectivity index (χ1n) is 4.52. The second-order valence-corrected chi connectivity index (χ2v) is 3.92. The first kappa shape index (κ1) is 11.8. The van der Waals surface area contributed by atoms with Gasteiger partial charge in [-0.15, -0.1) is 0 Å². The molecule has 0 radical (unpaired) electrons. The first-order chi connectivity index (χ1) is 7.38. The van der Waals surface area contributed by atoms with Gasteiger partial charge in [0.2, 0.25) is 0 Å². The summed E-state index contributed by atoms with van der Waals surface area (Å²) in [6, 6.07) is 5.77. The second-order valence-electron chi connectivity index (χ2n) is 3.48. The van der Waals surface area contributed by atoms with Gasteiger partial charge in [0.05, 0.1) is 0 Å². The molecule has 0 atom stereocenters. The molecule has 0 N–H and O–H groups in total. The number of halogens is 4. The Balaban J connectivity index is 2.75. The van der Waals surface area contributed by atoms with Crippen molar-refractivity contribution >= 4 is 44.5 Å². The average molecular weight is 238 g/mol. The Morgan fingerprint density at radius 3 is 2.50 bits per heavy atom. The van der Waals surface area contributed by atoms with Crippen molar-refractivity contribution in [3.8, 4) is 0 Å². The Labute approximate surface area is 104 Å². The van der Waals surface area contributed by atoms with Crippen molar-refractivity contribution in [2.45, 2.75) is 6.18 Å². The molecule has 0 unspecified atom stereocenters. The first-order valence-corrected chi connectivity index (χ1v) is 4.90. The Kier molecular flexibility index (Phi) is 2.91. The second kappa shape index (κ2) is 3.96. The third-order valence-electron chi connectivity index (χ3n) is 2.27. The van der Waals surface area contributed by atoms with E-state index >= 15 is 0 Å². The fourth-order valence-corrected chi connectivity index (χ4v) is 1.69. The van der Waals surface area contributed by atoms with Gasteiger partial charge in [0, 0.05) is 0 Å². The van der Waals surface area contributed by atoms with E-state index in [0.29, 0.717) is 14.6 Å². The minimum atomic E-state index is -4.43. The molecule has 0 saturated carbocycles. The molecule has 6 heteroatoms. The summed E-state index contributed by atoms with van der Waals surface area (Å²) in [4.78, 5) is 3.56. The van der Waals surface area contributed by atoms with Crippen molar-refractivity contribution in [2.24, 2.45) is 0 Å². The van der Waals surface area contributed by atoms with Crippen molar-refractivity contribution in [1.29, 1.82) is 0 Å². The van der Waals surface area contributed by atoms with Crippen LogP contribution in [0.25, 0.3) is 10.9 Å². The summed E-state index contributed by atoms with van der Waals surface area (Å²) in [6.07, 6.45) is -4.43. The minimum absolute atomic E-state index is 0.264. The zero-order chi connectivity index (χ0) is 11.9. The van der Waals surface area contributed by atoms with Crippen LogP contribution < -0.4 is 4.24 Å². The van der Waals surface area contributed by atoms with Gasteiger partial charge in [0.25, 0.3) is 0 Å². The SMILES string of the molecule is [Li][c]1cc(C(F)(F)F)nc2cc(Cl)ccc12. The molecule has 2 rings (SSSR count). The third kappa shape index (κ3) is 2.19. The summed E-state index contributed by atoms with van der Waals surface area (Å²) in [6.45, 7) is 0. The molecule has 0 fully saturated rings. The predicted octanol–water partition coefficient (Wildman–Crippen LogP) is 2.70. The number of hydrogen-bond donors (Lipinski definition) is 0. The van der Waals surface area contributed by atoms with E-state index in [0.717, 1.165) is 6.07 Å². The molecule has 1 aromatic heterocycles. The maximum atomic E-state index is 12.5. The molecule has 0 aliphatic carbocycles.